The third-order valence-corrected chi connectivity index (χ3v) is 4.00. The molecule has 0 aromatic heterocycles. The lowest BCUT2D eigenvalue weighted by atomic mass is 10.1. The monoisotopic (exact) mass is 363 g/mol. The molecule has 3 rings (SSSR count). The Morgan fingerprint density at radius 1 is 1.10 bits per heavy atom. The van der Waals surface area contributed by atoms with Crippen LogP contribution in [0.15, 0.2) is 58.7 Å². The molecule has 1 aliphatic heterocycles. The average molecular weight is 365 g/mol. The molecule has 0 radical (unpaired) electrons. The minimum absolute atomic E-state index is 0.218. The molecule has 0 spiro atoms. The van der Waals surface area contributed by atoms with E-state index in [9.17, 15) is 4.79 Å². The summed E-state index contributed by atoms with van der Waals surface area (Å²) in [4.78, 5) is 12.0. The van der Waals surface area contributed by atoms with Crippen LogP contribution in [-0.2, 0) is 9.53 Å². The fraction of sp³-hybridized carbons (Fsp3) is 0.0625. The molecule has 0 saturated carbocycles. The molecule has 0 atom stereocenters. The molecule has 1 heterocycles. The van der Waals surface area contributed by atoms with E-state index in [1.807, 2.05) is 42.5 Å². The molecule has 1 N–H and O–H groups in total. The highest BCUT2D eigenvalue weighted by Crippen LogP contribution is 2.30. The number of para-hydroxylation sites is 1. The number of anilines is 1. The Morgan fingerprint density at radius 2 is 1.81 bits per heavy atom. The Hall–Kier alpha value is -1.78. The van der Waals surface area contributed by atoms with Crippen molar-refractivity contribution >= 4 is 44.8 Å². The van der Waals surface area contributed by atoms with E-state index in [4.69, 9.17) is 16.3 Å². The third kappa shape index (κ3) is 2.96. The Kier molecular flexibility index (Phi) is 3.99. The minimum Gasteiger partial charge on any atom is -0.456 e. The second kappa shape index (κ2) is 5.92. The van der Waals surface area contributed by atoms with E-state index < -0.39 is 0 Å². The molecule has 3 nitrogen and oxygen atoms in total. The fourth-order valence-electron chi connectivity index (χ4n) is 2.14. The van der Waals surface area contributed by atoms with Gasteiger partial charge in [-0.25, -0.2) is 4.79 Å². The predicted octanol–water partition coefficient (Wildman–Crippen LogP) is 4.48. The van der Waals surface area contributed by atoms with Crippen molar-refractivity contribution in [2.45, 2.75) is 0 Å². The maximum absolute atomic E-state index is 12.0. The molecule has 2 aromatic rings. The summed E-state index contributed by atoms with van der Waals surface area (Å²) in [6.07, 6.45) is 0. The highest BCUT2D eigenvalue weighted by molar-refractivity contribution is 9.10. The van der Waals surface area contributed by atoms with Crippen LogP contribution >= 0.6 is 27.5 Å². The van der Waals surface area contributed by atoms with Crippen molar-refractivity contribution in [3.05, 3.63) is 69.3 Å². The lowest BCUT2D eigenvalue weighted by Crippen LogP contribution is -2.03. The quantitative estimate of drug-likeness (QED) is 0.816. The number of benzene rings is 2. The van der Waals surface area contributed by atoms with Crippen molar-refractivity contribution in [3.63, 3.8) is 0 Å². The first-order chi connectivity index (χ1) is 10.1. The molecular formula is C16H11BrClNO2. The van der Waals surface area contributed by atoms with Gasteiger partial charge in [0.25, 0.3) is 0 Å². The Bertz CT molecular complexity index is 725. The first-order valence-electron chi connectivity index (χ1n) is 6.33. The Labute approximate surface area is 135 Å². The summed E-state index contributed by atoms with van der Waals surface area (Å²) in [6.45, 7) is 0.218. The van der Waals surface area contributed by atoms with E-state index in [2.05, 4.69) is 21.2 Å². The molecule has 106 valence electrons. The highest BCUT2D eigenvalue weighted by atomic mass is 79.9. The van der Waals surface area contributed by atoms with Crippen LogP contribution in [0.4, 0.5) is 5.69 Å². The summed E-state index contributed by atoms with van der Waals surface area (Å²) in [5, 5.41) is 3.79. The van der Waals surface area contributed by atoms with Gasteiger partial charge in [0.05, 0.1) is 22.0 Å². The minimum atomic E-state index is -0.327. The van der Waals surface area contributed by atoms with Crippen molar-refractivity contribution in [2.24, 2.45) is 0 Å². The average Bonchev–Trinajstić information content (AvgIpc) is 2.83. The number of hydrogen-bond acceptors (Lipinski definition) is 3. The lowest BCUT2D eigenvalue weighted by molar-refractivity contribution is -0.134. The third-order valence-electron chi connectivity index (χ3n) is 3.15. The number of ether oxygens (including phenoxy) is 1. The van der Waals surface area contributed by atoms with E-state index in [-0.39, 0.29) is 12.6 Å². The summed E-state index contributed by atoms with van der Waals surface area (Å²) in [5.74, 6) is -0.327. The van der Waals surface area contributed by atoms with Gasteiger partial charge in [0.15, 0.2) is 0 Å². The van der Waals surface area contributed by atoms with Crippen LogP contribution in [0.3, 0.4) is 0 Å². The van der Waals surface area contributed by atoms with Gasteiger partial charge in [0, 0.05) is 4.47 Å². The molecule has 0 fully saturated rings. The summed E-state index contributed by atoms with van der Waals surface area (Å²) in [7, 11) is 0. The number of cyclic esters (lactones) is 1. The van der Waals surface area contributed by atoms with Gasteiger partial charge < -0.3 is 10.1 Å². The van der Waals surface area contributed by atoms with Crippen LogP contribution in [-0.4, -0.2) is 12.6 Å². The zero-order chi connectivity index (χ0) is 14.8. The smallest absolute Gasteiger partial charge is 0.341 e. The van der Waals surface area contributed by atoms with Gasteiger partial charge in [-0.1, -0.05) is 51.8 Å². The first-order valence-corrected chi connectivity index (χ1v) is 7.50. The normalized spacial score (nSPS) is 14.3. The van der Waals surface area contributed by atoms with E-state index >= 15 is 0 Å². The van der Waals surface area contributed by atoms with Gasteiger partial charge in [0.1, 0.15) is 6.61 Å². The van der Waals surface area contributed by atoms with Gasteiger partial charge >= 0.3 is 5.97 Å². The number of nitrogens with one attached hydrogen (secondary N) is 1. The number of carbonyl (C=O) groups is 1. The second-order valence-electron chi connectivity index (χ2n) is 4.54. The van der Waals surface area contributed by atoms with Gasteiger partial charge in [0.2, 0.25) is 0 Å². The van der Waals surface area contributed by atoms with Gasteiger partial charge in [-0.15, -0.1) is 0 Å². The lowest BCUT2D eigenvalue weighted by Gasteiger charge is -2.09. The summed E-state index contributed by atoms with van der Waals surface area (Å²) in [5.41, 5.74) is 2.83. The van der Waals surface area contributed by atoms with Gasteiger partial charge in [-0.05, 0) is 29.8 Å². The molecule has 1 aliphatic rings. The molecule has 0 amide bonds. The SMILES string of the molecule is O=C1OCC(Nc2ccccc2Cl)=C1c1ccc(Br)cc1. The van der Waals surface area contributed by atoms with Gasteiger partial charge in [-0.3, -0.25) is 0 Å². The van der Waals surface area contributed by atoms with Crippen molar-refractivity contribution in [3.8, 4) is 0 Å². The standard InChI is InChI=1S/C16H11BrClNO2/c17-11-7-5-10(6-8-11)15-14(9-21-16(15)20)19-13-4-2-1-3-12(13)18/h1-8,19H,9H2. The molecular weight excluding hydrogens is 354 g/mol. The van der Waals surface area contributed by atoms with E-state index in [1.54, 1.807) is 6.07 Å². The summed E-state index contributed by atoms with van der Waals surface area (Å²) < 4.78 is 6.10. The van der Waals surface area contributed by atoms with Gasteiger partial charge in [-0.2, -0.15) is 0 Å². The van der Waals surface area contributed by atoms with Crippen LogP contribution in [0.25, 0.3) is 5.57 Å². The zero-order valence-corrected chi connectivity index (χ0v) is 13.2. The summed E-state index contributed by atoms with van der Waals surface area (Å²) in [6, 6.07) is 14.9. The van der Waals surface area contributed by atoms with Crippen molar-refractivity contribution < 1.29 is 9.53 Å². The second-order valence-corrected chi connectivity index (χ2v) is 5.86. The molecule has 0 aliphatic carbocycles. The van der Waals surface area contributed by atoms with E-state index in [1.165, 1.54) is 0 Å². The van der Waals surface area contributed by atoms with Crippen molar-refractivity contribution in [1.82, 2.24) is 0 Å². The molecule has 5 heteroatoms. The number of halogens is 2. The largest absolute Gasteiger partial charge is 0.456 e. The van der Waals surface area contributed by atoms with Crippen LogP contribution in [0.2, 0.25) is 5.02 Å². The highest BCUT2D eigenvalue weighted by Gasteiger charge is 2.26. The summed E-state index contributed by atoms with van der Waals surface area (Å²) >= 11 is 9.52. The zero-order valence-electron chi connectivity index (χ0n) is 10.9. The van der Waals surface area contributed by atoms with Crippen molar-refractivity contribution in [2.75, 3.05) is 11.9 Å². The number of carbonyl (C=O) groups excluding carboxylic acids is 1. The Balaban J connectivity index is 1.99. The Morgan fingerprint density at radius 3 is 2.52 bits per heavy atom. The number of rotatable bonds is 3. The molecule has 21 heavy (non-hydrogen) atoms. The molecule has 0 unspecified atom stereocenters. The van der Waals surface area contributed by atoms with Crippen molar-refractivity contribution in [1.29, 1.82) is 0 Å². The van der Waals surface area contributed by atoms with Crippen LogP contribution in [0.1, 0.15) is 5.56 Å². The molecule has 0 saturated heterocycles. The van der Waals surface area contributed by atoms with Crippen LogP contribution in [0, 0.1) is 0 Å². The molecule has 2 aromatic carbocycles. The fourth-order valence-corrected chi connectivity index (χ4v) is 2.58. The number of hydrogen-bond donors (Lipinski definition) is 1. The topological polar surface area (TPSA) is 38.3 Å². The van der Waals surface area contributed by atoms with Crippen LogP contribution < -0.4 is 5.32 Å². The number of esters is 1. The van der Waals surface area contributed by atoms with E-state index in [0.29, 0.717) is 10.6 Å². The molecule has 0 bridgehead atoms. The maximum Gasteiger partial charge on any atom is 0.341 e. The predicted molar refractivity (Wildman–Crippen MR) is 87.1 cm³/mol. The maximum atomic E-state index is 12.0. The van der Waals surface area contributed by atoms with Crippen LogP contribution in [0.5, 0.6) is 0 Å². The van der Waals surface area contributed by atoms with E-state index in [0.717, 1.165) is 21.4 Å². The first kappa shape index (κ1) is 14.2.